The first-order valence-corrected chi connectivity index (χ1v) is 4.33. The predicted molar refractivity (Wildman–Crippen MR) is 54.8 cm³/mol. The second kappa shape index (κ2) is 4.03. The zero-order valence-electron chi connectivity index (χ0n) is 8.16. The van der Waals surface area contributed by atoms with Crippen LogP contribution in [0.2, 0.25) is 0 Å². The molecule has 1 heterocycles. The number of nitrogens with one attached hydrogen (secondary N) is 1. The van der Waals surface area contributed by atoms with Crippen molar-refractivity contribution in [1.82, 2.24) is 4.98 Å². The minimum Gasteiger partial charge on any atom is -0.327 e. The number of H-pyrrole nitrogens is 1. The first-order chi connectivity index (χ1) is 6.11. The summed E-state index contributed by atoms with van der Waals surface area (Å²) >= 11 is 0. The van der Waals surface area contributed by atoms with E-state index in [1.165, 1.54) is 0 Å². The van der Waals surface area contributed by atoms with Crippen molar-refractivity contribution in [2.75, 3.05) is 0 Å². The molecule has 0 saturated carbocycles. The van der Waals surface area contributed by atoms with E-state index in [0.29, 0.717) is 11.6 Å². The Hall–Kier alpha value is -1.38. The van der Waals surface area contributed by atoms with Gasteiger partial charge in [-0.05, 0) is 24.5 Å². The molecule has 0 radical (unpaired) electrons. The Labute approximate surface area is 77.5 Å². The largest absolute Gasteiger partial charge is 0.327 e. The van der Waals surface area contributed by atoms with Crippen LogP contribution in [0.3, 0.4) is 0 Å². The average Bonchev–Trinajstić information content (AvgIpc) is 2.03. The summed E-state index contributed by atoms with van der Waals surface area (Å²) in [6.07, 6.45) is 3.41. The highest BCUT2D eigenvalue weighted by Crippen LogP contribution is 2.10. The smallest absolute Gasteiger partial charge is 0.274 e. The molecule has 0 aromatic carbocycles. The van der Waals surface area contributed by atoms with Crippen molar-refractivity contribution in [3.8, 4) is 0 Å². The maximum atomic E-state index is 11.3. The molecule has 0 aliphatic rings. The molecule has 1 aromatic heterocycles. The minimum absolute atomic E-state index is 0.128. The number of hydrogen-bond donors (Lipinski definition) is 1. The third-order valence-electron chi connectivity index (χ3n) is 1.64. The highest BCUT2D eigenvalue weighted by Gasteiger charge is 1.99. The molecule has 0 fully saturated rings. The van der Waals surface area contributed by atoms with E-state index in [2.05, 4.69) is 9.98 Å². The maximum Gasteiger partial charge on any atom is 0.274 e. The van der Waals surface area contributed by atoms with E-state index in [-0.39, 0.29) is 5.56 Å². The SMILES string of the molecule is Cc1cc[nH]c(=O)c1N=CC(C)C. The van der Waals surface area contributed by atoms with Crippen LogP contribution in [0.5, 0.6) is 0 Å². The first kappa shape index (κ1) is 9.71. The Kier molecular flexibility index (Phi) is 3.01. The molecular weight excluding hydrogens is 164 g/mol. The molecule has 3 nitrogen and oxygen atoms in total. The Bertz CT molecular complexity index is 363. The lowest BCUT2D eigenvalue weighted by atomic mass is 10.2. The maximum absolute atomic E-state index is 11.3. The third-order valence-corrected chi connectivity index (χ3v) is 1.64. The lowest BCUT2D eigenvalue weighted by molar-refractivity contribution is 0.906. The summed E-state index contributed by atoms with van der Waals surface area (Å²) in [4.78, 5) is 18.0. The second-order valence-corrected chi connectivity index (χ2v) is 3.36. The van der Waals surface area contributed by atoms with Gasteiger partial charge in [-0.2, -0.15) is 0 Å². The molecule has 13 heavy (non-hydrogen) atoms. The molecule has 0 bridgehead atoms. The summed E-state index contributed by atoms with van der Waals surface area (Å²) in [6, 6.07) is 1.84. The number of aryl methyl sites for hydroxylation is 1. The molecule has 70 valence electrons. The summed E-state index contributed by atoms with van der Waals surface area (Å²) in [6.45, 7) is 5.92. The highest BCUT2D eigenvalue weighted by atomic mass is 16.1. The minimum atomic E-state index is -0.128. The highest BCUT2D eigenvalue weighted by molar-refractivity contribution is 5.65. The van der Waals surface area contributed by atoms with Crippen LogP contribution in [-0.4, -0.2) is 11.2 Å². The number of aromatic nitrogens is 1. The van der Waals surface area contributed by atoms with Gasteiger partial charge in [-0.25, -0.2) is 0 Å². The molecule has 1 rings (SSSR count). The normalized spacial score (nSPS) is 11.4. The topological polar surface area (TPSA) is 45.2 Å². The number of hydrogen-bond acceptors (Lipinski definition) is 2. The average molecular weight is 178 g/mol. The summed E-state index contributed by atoms with van der Waals surface area (Å²) in [5.74, 6) is 0.360. The fourth-order valence-electron chi connectivity index (χ4n) is 0.953. The molecular formula is C10H14N2O. The van der Waals surface area contributed by atoms with Gasteiger partial charge in [0.15, 0.2) is 0 Å². The molecule has 0 atom stereocenters. The van der Waals surface area contributed by atoms with Crippen molar-refractivity contribution in [2.24, 2.45) is 10.9 Å². The fraction of sp³-hybridized carbons (Fsp3) is 0.400. The van der Waals surface area contributed by atoms with E-state index in [4.69, 9.17) is 0 Å². The van der Waals surface area contributed by atoms with Gasteiger partial charge in [0.2, 0.25) is 0 Å². The number of aromatic amines is 1. The van der Waals surface area contributed by atoms with Gasteiger partial charge in [0.05, 0.1) is 0 Å². The van der Waals surface area contributed by atoms with Crippen molar-refractivity contribution >= 4 is 11.9 Å². The summed E-state index contributed by atoms with van der Waals surface area (Å²) in [7, 11) is 0. The predicted octanol–water partition coefficient (Wildman–Crippen LogP) is 2.04. The Balaban J connectivity index is 3.07. The van der Waals surface area contributed by atoms with Gasteiger partial charge in [-0.1, -0.05) is 13.8 Å². The van der Waals surface area contributed by atoms with Gasteiger partial charge < -0.3 is 4.98 Å². The van der Waals surface area contributed by atoms with Crippen LogP contribution in [0, 0.1) is 12.8 Å². The van der Waals surface area contributed by atoms with Gasteiger partial charge in [-0.15, -0.1) is 0 Å². The van der Waals surface area contributed by atoms with Crippen LogP contribution in [0.1, 0.15) is 19.4 Å². The standard InChI is InChI=1S/C10H14N2O/c1-7(2)6-12-9-8(3)4-5-11-10(9)13/h4-7H,1-3H3,(H,11,13). The molecule has 0 amide bonds. The molecule has 0 aliphatic heterocycles. The van der Waals surface area contributed by atoms with Crippen LogP contribution >= 0.6 is 0 Å². The molecule has 3 heteroatoms. The van der Waals surface area contributed by atoms with Crippen LogP contribution in [0.4, 0.5) is 5.69 Å². The Morgan fingerprint density at radius 1 is 1.54 bits per heavy atom. The van der Waals surface area contributed by atoms with E-state index in [9.17, 15) is 4.79 Å². The summed E-state index contributed by atoms with van der Waals surface area (Å²) < 4.78 is 0. The summed E-state index contributed by atoms with van der Waals surface area (Å²) in [5.41, 5.74) is 1.29. The lowest BCUT2D eigenvalue weighted by Crippen LogP contribution is -2.05. The zero-order valence-corrected chi connectivity index (χ0v) is 8.16. The molecule has 1 N–H and O–H groups in total. The Morgan fingerprint density at radius 2 is 2.23 bits per heavy atom. The van der Waals surface area contributed by atoms with Crippen LogP contribution in [0.15, 0.2) is 22.1 Å². The van der Waals surface area contributed by atoms with E-state index >= 15 is 0 Å². The monoisotopic (exact) mass is 178 g/mol. The molecule has 0 unspecified atom stereocenters. The van der Waals surface area contributed by atoms with E-state index < -0.39 is 0 Å². The van der Waals surface area contributed by atoms with Crippen LogP contribution in [-0.2, 0) is 0 Å². The first-order valence-electron chi connectivity index (χ1n) is 4.33. The number of rotatable bonds is 2. The van der Waals surface area contributed by atoms with E-state index in [0.717, 1.165) is 5.56 Å². The van der Waals surface area contributed by atoms with Gasteiger partial charge >= 0.3 is 0 Å². The van der Waals surface area contributed by atoms with Crippen LogP contribution < -0.4 is 5.56 Å². The van der Waals surface area contributed by atoms with Crippen molar-refractivity contribution < 1.29 is 0 Å². The van der Waals surface area contributed by atoms with Crippen molar-refractivity contribution in [3.05, 3.63) is 28.2 Å². The molecule has 0 aliphatic carbocycles. The molecule has 0 spiro atoms. The Morgan fingerprint density at radius 3 is 2.77 bits per heavy atom. The van der Waals surface area contributed by atoms with Gasteiger partial charge in [0, 0.05) is 12.4 Å². The fourth-order valence-corrected chi connectivity index (χ4v) is 0.953. The van der Waals surface area contributed by atoms with Gasteiger partial charge in [0.1, 0.15) is 5.69 Å². The molecule has 1 aromatic rings. The van der Waals surface area contributed by atoms with Gasteiger partial charge in [0.25, 0.3) is 5.56 Å². The lowest BCUT2D eigenvalue weighted by Gasteiger charge is -1.98. The zero-order chi connectivity index (χ0) is 9.84. The van der Waals surface area contributed by atoms with Crippen molar-refractivity contribution in [2.45, 2.75) is 20.8 Å². The summed E-state index contributed by atoms with van der Waals surface area (Å²) in [5, 5.41) is 0. The second-order valence-electron chi connectivity index (χ2n) is 3.36. The van der Waals surface area contributed by atoms with E-state index in [1.807, 2.05) is 26.8 Å². The van der Waals surface area contributed by atoms with Gasteiger partial charge in [-0.3, -0.25) is 9.79 Å². The number of pyridine rings is 1. The van der Waals surface area contributed by atoms with Crippen molar-refractivity contribution in [1.29, 1.82) is 0 Å². The number of nitrogens with zero attached hydrogens (tertiary/aromatic N) is 1. The quantitative estimate of drug-likeness (QED) is 0.692. The third kappa shape index (κ3) is 2.54. The van der Waals surface area contributed by atoms with Crippen molar-refractivity contribution in [3.63, 3.8) is 0 Å². The van der Waals surface area contributed by atoms with E-state index in [1.54, 1.807) is 12.4 Å². The molecule has 0 saturated heterocycles. The van der Waals surface area contributed by atoms with Crippen LogP contribution in [0.25, 0.3) is 0 Å². The number of aliphatic imine (C=N–C) groups is 1.